The van der Waals surface area contributed by atoms with Crippen LogP contribution in [0.1, 0.15) is 18.4 Å². The Morgan fingerprint density at radius 2 is 1.89 bits per heavy atom. The van der Waals surface area contributed by atoms with Crippen LogP contribution in [0.25, 0.3) is 10.9 Å². The summed E-state index contributed by atoms with van der Waals surface area (Å²) in [5, 5.41) is 9.29. The number of aromatic nitrogens is 2. The van der Waals surface area contributed by atoms with E-state index >= 15 is 0 Å². The van der Waals surface area contributed by atoms with Gasteiger partial charge in [0.15, 0.2) is 5.82 Å². The summed E-state index contributed by atoms with van der Waals surface area (Å²) in [6, 6.07) is 12.2. The van der Waals surface area contributed by atoms with Crippen molar-refractivity contribution in [3.05, 3.63) is 53.1 Å². The topological polar surface area (TPSA) is 67.2 Å². The lowest BCUT2D eigenvalue weighted by Gasteiger charge is -2.37. The molecule has 1 spiro atoms. The molecule has 8 heteroatoms. The van der Waals surface area contributed by atoms with E-state index in [4.69, 9.17) is 11.6 Å². The van der Waals surface area contributed by atoms with Crippen LogP contribution in [0.15, 0.2) is 47.4 Å². The summed E-state index contributed by atoms with van der Waals surface area (Å²) >= 11 is 6.53. The molecular weight excluding hydrogens is 396 g/mol. The average Bonchev–Trinajstić information content (AvgIpc) is 3.32. The van der Waals surface area contributed by atoms with Crippen molar-refractivity contribution in [2.75, 3.05) is 24.5 Å². The summed E-state index contributed by atoms with van der Waals surface area (Å²) in [5.41, 5.74) is 1.54. The Labute approximate surface area is 169 Å². The third-order valence-corrected chi connectivity index (χ3v) is 7.69. The van der Waals surface area contributed by atoms with Gasteiger partial charge in [0.2, 0.25) is 0 Å². The zero-order valence-electron chi connectivity index (χ0n) is 15.5. The fourth-order valence-corrected chi connectivity index (χ4v) is 5.56. The highest BCUT2D eigenvalue weighted by atomic mass is 35.5. The molecule has 0 amide bonds. The Kier molecular flexibility index (Phi) is 3.98. The highest BCUT2D eigenvalue weighted by Gasteiger charge is 2.50. The molecule has 6 nitrogen and oxygen atoms in total. The fourth-order valence-electron chi connectivity index (χ4n) is 4.03. The first kappa shape index (κ1) is 18.0. The maximum atomic E-state index is 13.4. The van der Waals surface area contributed by atoms with E-state index in [0.29, 0.717) is 21.7 Å². The molecule has 2 fully saturated rings. The first-order valence-electron chi connectivity index (χ1n) is 9.40. The van der Waals surface area contributed by atoms with E-state index in [9.17, 15) is 8.42 Å². The van der Waals surface area contributed by atoms with Crippen LogP contribution in [0, 0.1) is 6.92 Å². The van der Waals surface area contributed by atoms with Gasteiger partial charge < -0.3 is 10.2 Å². The van der Waals surface area contributed by atoms with Crippen LogP contribution in [0.4, 0.5) is 5.82 Å². The quantitative estimate of drug-likeness (QED) is 0.710. The number of halogens is 1. The lowest BCUT2D eigenvalue weighted by molar-refractivity contribution is 0.460. The molecule has 1 saturated heterocycles. The maximum absolute atomic E-state index is 13.4. The molecule has 0 bridgehead atoms. The van der Waals surface area contributed by atoms with Crippen molar-refractivity contribution in [2.24, 2.45) is 0 Å². The van der Waals surface area contributed by atoms with Gasteiger partial charge in [0, 0.05) is 19.6 Å². The number of anilines is 1. The number of nitrogens with one attached hydrogen (secondary N) is 1. The van der Waals surface area contributed by atoms with Crippen molar-refractivity contribution in [3.63, 3.8) is 0 Å². The van der Waals surface area contributed by atoms with Crippen LogP contribution < -0.4 is 10.2 Å². The van der Waals surface area contributed by atoms with E-state index in [2.05, 4.69) is 15.3 Å². The van der Waals surface area contributed by atoms with E-state index in [1.807, 2.05) is 6.92 Å². The molecule has 2 aliphatic rings. The van der Waals surface area contributed by atoms with Gasteiger partial charge >= 0.3 is 0 Å². The van der Waals surface area contributed by atoms with Crippen LogP contribution in [-0.2, 0) is 10.0 Å². The SMILES string of the molecule is Cc1ccc(S(=O)(=O)n2nc(N3CCNCC34CC4)c3c(Cl)cccc32)cc1. The molecule has 2 heterocycles. The molecule has 1 saturated carbocycles. The summed E-state index contributed by atoms with van der Waals surface area (Å²) in [4.78, 5) is 2.47. The van der Waals surface area contributed by atoms with Gasteiger partial charge in [0.1, 0.15) is 0 Å². The minimum atomic E-state index is -3.83. The molecule has 1 N–H and O–H groups in total. The summed E-state index contributed by atoms with van der Waals surface area (Å²) < 4.78 is 27.9. The summed E-state index contributed by atoms with van der Waals surface area (Å²) in [6.45, 7) is 4.43. The Balaban J connectivity index is 1.73. The Morgan fingerprint density at radius 1 is 1.14 bits per heavy atom. The molecule has 3 aromatic rings. The molecule has 146 valence electrons. The Bertz CT molecular complexity index is 1170. The van der Waals surface area contributed by atoms with Gasteiger partial charge in [-0.2, -0.15) is 12.5 Å². The number of hydrogen-bond acceptors (Lipinski definition) is 5. The molecule has 1 aromatic heterocycles. The largest absolute Gasteiger partial charge is 0.346 e. The molecular formula is C20H21ClN4O2S. The van der Waals surface area contributed by atoms with Crippen LogP contribution >= 0.6 is 11.6 Å². The van der Waals surface area contributed by atoms with Crippen molar-refractivity contribution >= 4 is 38.3 Å². The van der Waals surface area contributed by atoms with Crippen molar-refractivity contribution in [1.29, 1.82) is 0 Å². The standard InChI is InChI=1S/C20H21ClN4O2S/c1-14-5-7-15(8-6-14)28(26,27)25-17-4-2-3-16(21)18(17)19(23-25)24-12-11-22-13-20(24)9-10-20/h2-8,22H,9-13H2,1H3. The summed E-state index contributed by atoms with van der Waals surface area (Å²) in [7, 11) is -3.83. The molecule has 0 unspecified atom stereocenters. The Hall–Kier alpha value is -2.09. The molecule has 0 radical (unpaired) electrons. The lowest BCUT2D eigenvalue weighted by atomic mass is 10.1. The van der Waals surface area contributed by atoms with Crippen molar-refractivity contribution in [3.8, 4) is 0 Å². The second-order valence-electron chi connectivity index (χ2n) is 7.67. The van der Waals surface area contributed by atoms with E-state index in [0.717, 1.165) is 42.1 Å². The van der Waals surface area contributed by atoms with Gasteiger partial charge in [0.25, 0.3) is 10.0 Å². The van der Waals surface area contributed by atoms with Gasteiger partial charge in [-0.25, -0.2) is 0 Å². The van der Waals surface area contributed by atoms with Crippen LogP contribution in [-0.4, -0.2) is 42.8 Å². The number of nitrogens with zero attached hydrogens (tertiary/aromatic N) is 3. The van der Waals surface area contributed by atoms with Gasteiger partial charge in [-0.05, 0) is 44.0 Å². The lowest BCUT2D eigenvalue weighted by Crippen LogP contribution is -2.53. The minimum Gasteiger partial charge on any atom is -0.346 e. The predicted octanol–water partition coefficient (Wildman–Crippen LogP) is 3.18. The van der Waals surface area contributed by atoms with Crippen LogP contribution in [0.5, 0.6) is 0 Å². The van der Waals surface area contributed by atoms with Crippen molar-refractivity contribution in [1.82, 2.24) is 14.5 Å². The zero-order valence-corrected chi connectivity index (χ0v) is 17.1. The number of fused-ring (bicyclic) bond motifs is 1. The highest BCUT2D eigenvalue weighted by Crippen LogP contribution is 2.47. The number of piperazine rings is 1. The van der Waals surface area contributed by atoms with E-state index in [1.54, 1.807) is 42.5 Å². The Morgan fingerprint density at radius 3 is 2.61 bits per heavy atom. The van der Waals surface area contributed by atoms with Gasteiger partial charge in [-0.1, -0.05) is 35.4 Å². The number of aryl methyl sites for hydroxylation is 1. The van der Waals surface area contributed by atoms with Crippen LogP contribution in [0.2, 0.25) is 5.02 Å². The molecule has 2 aromatic carbocycles. The first-order valence-corrected chi connectivity index (χ1v) is 11.2. The second kappa shape index (κ2) is 6.20. The number of rotatable bonds is 3. The van der Waals surface area contributed by atoms with E-state index < -0.39 is 10.0 Å². The van der Waals surface area contributed by atoms with Crippen LogP contribution in [0.3, 0.4) is 0 Å². The van der Waals surface area contributed by atoms with Gasteiger partial charge in [-0.3, -0.25) is 0 Å². The first-order chi connectivity index (χ1) is 13.4. The third kappa shape index (κ3) is 2.64. The van der Waals surface area contributed by atoms with Crippen molar-refractivity contribution in [2.45, 2.75) is 30.2 Å². The van der Waals surface area contributed by atoms with Gasteiger partial charge in [0.05, 0.1) is 26.4 Å². The second-order valence-corrected chi connectivity index (χ2v) is 9.85. The normalized spacial score (nSPS) is 18.7. The monoisotopic (exact) mass is 416 g/mol. The number of hydrogen-bond donors (Lipinski definition) is 1. The molecule has 0 atom stereocenters. The maximum Gasteiger partial charge on any atom is 0.283 e. The smallest absolute Gasteiger partial charge is 0.283 e. The highest BCUT2D eigenvalue weighted by molar-refractivity contribution is 7.90. The summed E-state index contributed by atoms with van der Waals surface area (Å²) in [6.07, 6.45) is 2.15. The predicted molar refractivity (Wildman–Crippen MR) is 111 cm³/mol. The van der Waals surface area contributed by atoms with E-state index in [1.165, 1.54) is 0 Å². The molecule has 1 aliphatic carbocycles. The van der Waals surface area contributed by atoms with Crippen molar-refractivity contribution < 1.29 is 8.42 Å². The minimum absolute atomic E-state index is 0.0250. The van der Waals surface area contributed by atoms with Gasteiger partial charge in [-0.15, -0.1) is 5.10 Å². The number of benzene rings is 2. The fraction of sp³-hybridized carbons (Fsp3) is 0.350. The average molecular weight is 417 g/mol. The zero-order chi connectivity index (χ0) is 19.5. The molecule has 5 rings (SSSR count). The summed E-state index contributed by atoms with van der Waals surface area (Å²) in [5.74, 6) is 0.662. The molecule has 28 heavy (non-hydrogen) atoms. The third-order valence-electron chi connectivity index (χ3n) is 5.78. The molecule has 1 aliphatic heterocycles. The van der Waals surface area contributed by atoms with E-state index in [-0.39, 0.29) is 10.4 Å².